The predicted molar refractivity (Wildman–Crippen MR) is 46.8 cm³/mol. The van der Waals surface area contributed by atoms with E-state index in [0.717, 1.165) is 6.26 Å². The Bertz CT molecular complexity index is 402. The molecule has 76 valence electrons. The highest BCUT2D eigenvalue weighted by molar-refractivity contribution is 8.06. The minimum atomic E-state index is -3.91. The number of nitrogens with one attached hydrogen (secondary N) is 1. The zero-order valence-corrected chi connectivity index (χ0v) is 8.81. The first-order valence-corrected chi connectivity index (χ1v) is 6.95. The lowest BCUT2D eigenvalue weighted by atomic mass is 10.4. The van der Waals surface area contributed by atoms with E-state index in [4.69, 9.17) is 5.26 Å². The van der Waals surface area contributed by atoms with Crippen LogP contribution in [-0.2, 0) is 19.9 Å². The van der Waals surface area contributed by atoms with Crippen LogP contribution in [0.3, 0.4) is 0 Å². The zero-order chi connectivity index (χ0) is 10.7. The Morgan fingerprint density at radius 2 is 1.85 bits per heavy atom. The van der Waals surface area contributed by atoms with Crippen molar-refractivity contribution in [2.24, 2.45) is 0 Å². The van der Waals surface area contributed by atoms with Crippen LogP contribution in [0.2, 0.25) is 0 Å². The number of nitrogens with zero attached hydrogens (tertiary/aromatic N) is 1. The number of sulfonamides is 1. The van der Waals surface area contributed by atoms with E-state index in [1.54, 1.807) is 6.07 Å². The molecule has 0 saturated carbocycles. The number of sulfone groups is 1. The van der Waals surface area contributed by atoms with Crippen LogP contribution >= 0.6 is 0 Å². The van der Waals surface area contributed by atoms with Gasteiger partial charge in [-0.2, -0.15) is 9.98 Å². The molecule has 6 nitrogen and oxygen atoms in total. The van der Waals surface area contributed by atoms with Gasteiger partial charge in [-0.25, -0.2) is 16.8 Å². The molecule has 13 heavy (non-hydrogen) atoms. The third kappa shape index (κ3) is 6.51. The molecule has 0 aliphatic heterocycles. The van der Waals surface area contributed by atoms with E-state index in [1.165, 1.54) is 6.92 Å². The highest BCUT2D eigenvalue weighted by atomic mass is 32.3. The minimum Gasteiger partial charge on any atom is -0.228 e. The molecule has 0 bridgehead atoms. The molecule has 0 rings (SSSR count). The molecule has 1 N–H and O–H groups in total. The van der Waals surface area contributed by atoms with Gasteiger partial charge in [-0.3, -0.25) is 0 Å². The Balaban J connectivity index is 4.56. The van der Waals surface area contributed by atoms with E-state index in [9.17, 15) is 16.8 Å². The first-order valence-electron chi connectivity index (χ1n) is 3.23. The number of nitriles is 1. The molecule has 0 spiro atoms. The summed E-state index contributed by atoms with van der Waals surface area (Å²) in [5.74, 6) is 0. The van der Waals surface area contributed by atoms with Gasteiger partial charge in [0.15, 0.2) is 14.9 Å². The van der Waals surface area contributed by atoms with Gasteiger partial charge in [0.25, 0.3) is 0 Å². The summed E-state index contributed by atoms with van der Waals surface area (Å²) < 4.78 is 45.1. The van der Waals surface area contributed by atoms with Gasteiger partial charge in [-0.05, 0) is 6.92 Å². The second kappa shape index (κ2) is 4.04. The molecule has 0 aromatic heterocycles. The van der Waals surface area contributed by atoms with Crippen LogP contribution in [0.5, 0.6) is 0 Å². The monoisotopic (exact) mass is 226 g/mol. The van der Waals surface area contributed by atoms with Crippen molar-refractivity contribution in [1.29, 1.82) is 5.26 Å². The van der Waals surface area contributed by atoms with E-state index < -0.39 is 31.0 Å². The second-order valence-electron chi connectivity index (χ2n) is 2.63. The Kier molecular flexibility index (Phi) is 3.84. The van der Waals surface area contributed by atoms with Crippen molar-refractivity contribution in [3.8, 4) is 6.07 Å². The van der Waals surface area contributed by atoms with Crippen molar-refractivity contribution in [2.75, 3.05) is 11.3 Å². The SMILES string of the molecule is CC(C#N)NS(=O)(=O)CS(C)(=O)=O. The summed E-state index contributed by atoms with van der Waals surface area (Å²) in [6, 6.07) is 0.697. The summed E-state index contributed by atoms with van der Waals surface area (Å²) in [6.07, 6.45) is 0.809. The molecule has 0 aromatic rings. The van der Waals surface area contributed by atoms with Crippen molar-refractivity contribution in [2.45, 2.75) is 13.0 Å². The molecule has 0 aliphatic carbocycles. The molecule has 0 radical (unpaired) electrons. The third-order valence-corrected chi connectivity index (χ3v) is 4.59. The average molecular weight is 226 g/mol. The average Bonchev–Trinajstić information content (AvgIpc) is 1.80. The lowest BCUT2D eigenvalue weighted by molar-refractivity contribution is 0.577. The normalized spacial score (nSPS) is 14.8. The standard InChI is InChI=1S/C5H10N2O4S2/c1-5(3-6)7-13(10,11)4-12(2,8)9/h5,7H,4H2,1-2H3. The van der Waals surface area contributed by atoms with Gasteiger partial charge in [0, 0.05) is 6.26 Å². The maximum atomic E-state index is 11.0. The largest absolute Gasteiger partial charge is 0.228 e. The third-order valence-electron chi connectivity index (χ3n) is 0.919. The van der Waals surface area contributed by atoms with Gasteiger partial charge in [0.05, 0.1) is 6.07 Å². The first kappa shape index (κ1) is 12.3. The van der Waals surface area contributed by atoms with Crippen LogP contribution in [0, 0.1) is 11.3 Å². The highest BCUT2D eigenvalue weighted by Crippen LogP contribution is 1.93. The maximum absolute atomic E-state index is 11.0. The fourth-order valence-corrected chi connectivity index (χ4v) is 3.73. The van der Waals surface area contributed by atoms with Crippen LogP contribution in [0.1, 0.15) is 6.92 Å². The van der Waals surface area contributed by atoms with Gasteiger partial charge < -0.3 is 0 Å². The molecule has 1 unspecified atom stereocenters. The highest BCUT2D eigenvalue weighted by Gasteiger charge is 2.19. The lowest BCUT2D eigenvalue weighted by Gasteiger charge is -2.05. The maximum Gasteiger partial charge on any atom is 0.227 e. The van der Waals surface area contributed by atoms with Gasteiger partial charge in [0.2, 0.25) is 10.0 Å². The number of rotatable bonds is 4. The molecule has 0 amide bonds. The van der Waals surface area contributed by atoms with Crippen molar-refractivity contribution in [3.63, 3.8) is 0 Å². The fraction of sp³-hybridized carbons (Fsp3) is 0.800. The second-order valence-corrected chi connectivity index (χ2v) is 6.89. The lowest BCUT2D eigenvalue weighted by Crippen LogP contribution is -2.35. The smallest absolute Gasteiger partial charge is 0.227 e. The molecule has 0 fully saturated rings. The van der Waals surface area contributed by atoms with E-state index >= 15 is 0 Å². The fourth-order valence-electron chi connectivity index (χ4n) is 0.612. The molecule has 0 aromatic carbocycles. The zero-order valence-electron chi connectivity index (χ0n) is 7.18. The van der Waals surface area contributed by atoms with E-state index in [0.29, 0.717) is 0 Å². The Labute approximate surface area is 77.5 Å². The number of hydrogen-bond donors (Lipinski definition) is 1. The summed E-state index contributed by atoms with van der Waals surface area (Å²) >= 11 is 0. The van der Waals surface area contributed by atoms with Gasteiger partial charge in [-0.15, -0.1) is 0 Å². The Hall–Kier alpha value is -0.650. The molecular formula is C5H10N2O4S2. The van der Waals surface area contributed by atoms with Gasteiger partial charge >= 0.3 is 0 Å². The number of hydrogen-bond acceptors (Lipinski definition) is 5. The first-order chi connectivity index (χ1) is 5.66. The topological polar surface area (TPSA) is 104 Å². The van der Waals surface area contributed by atoms with Crippen molar-refractivity contribution >= 4 is 19.9 Å². The molecule has 0 saturated heterocycles. The summed E-state index contributed by atoms with van der Waals surface area (Å²) in [5, 5.41) is 7.28. The van der Waals surface area contributed by atoms with Crippen LogP contribution in [-0.4, -0.2) is 34.2 Å². The minimum absolute atomic E-state index is 0.809. The quantitative estimate of drug-likeness (QED) is 0.649. The molecular weight excluding hydrogens is 216 g/mol. The van der Waals surface area contributed by atoms with Gasteiger partial charge in [-0.1, -0.05) is 0 Å². The molecule has 8 heteroatoms. The summed E-state index contributed by atoms with van der Waals surface area (Å²) in [4.78, 5) is 0. The van der Waals surface area contributed by atoms with E-state index in [1.807, 2.05) is 4.72 Å². The van der Waals surface area contributed by atoms with Crippen molar-refractivity contribution in [3.05, 3.63) is 0 Å². The van der Waals surface area contributed by atoms with Crippen LogP contribution in [0.4, 0.5) is 0 Å². The molecule has 1 atom stereocenters. The van der Waals surface area contributed by atoms with Crippen LogP contribution < -0.4 is 4.72 Å². The summed E-state index contributed by atoms with van der Waals surface area (Å²) in [5.41, 5.74) is 0. The van der Waals surface area contributed by atoms with Crippen molar-refractivity contribution in [1.82, 2.24) is 4.72 Å². The Morgan fingerprint density at radius 3 is 2.15 bits per heavy atom. The van der Waals surface area contributed by atoms with E-state index in [-0.39, 0.29) is 0 Å². The summed E-state index contributed by atoms with van der Waals surface area (Å²) in [7, 11) is -7.51. The summed E-state index contributed by atoms with van der Waals surface area (Å²) in [6.45, 7) is 1.32. The molecule has 0 aliphatic rings. The van der Waals surface area contributed by atoms with Crippen LogP contribution in [0.15, 0.2) is 0 Å². The van der Waals surface area contributed by atoms with Crippen LogP contribution in [0.25, 0.3) is 0 Å². The van der Waals surface area contributed by atoms with Crippen molar-refractivity contribution < 1.29 is 16.8 Å². The molecule has 0 heterocycles. The van der Waals surface area contributed by atoms with Gasteiger partial charge in [0.1, 0.15) is 6.04 Å². The predicted octanol–water partition coefficient (Wildman–Crippen LogP) is -1.18. The van der Waals surface area contributed by atoms with E-state index in [2.05, 4.69) is 0 Å². The Morgan fingerprint density at radius 1 is 1.38 bits per heavy atom.